The highest BCUT2D eigenvalue weighted by molar-refractivity contribution is 7.89. The third-order valence-corrected chi connectivity index (χ3v) is 5.85. The van der Waals surface area contributed by atoms with Crippen LogP contribution in [0.4, 0.5) is 5.69 Å². The summed E-state index contributed by atoms with van der Waals surface area (Å²) in [5.41, 5.74) is 8.86. The molecule has 0 radical (unpaired) electrons. The first-order chi connectivity index (χ1) is 14.6. The molecular formula is C23H24N4O3S. The Labute approximate surface area is 181 Å². The van der Waals surface area contributed by atoms with E-state index in [1.807, 2.05) is 25.1 Å². The molecule has 1 amide bonds. The minimum atomic E-state index is -3.85. The van der Waals surface area contributed by atoms with E-state index in [1.165, 1.54) is 6.07 Å². The Kier molecular flexibility index (Phi) is 6.53. The summed E-state index contributed by atoms with van der Waals surface area (Å²) in [4.78, 5) is 12.7. The second kappa shape index (κ2) is 9.11. The van der Waals surface area contributed by atoms with Gasteiger partial charge in [0.05, 0.1) is 4.90 Å². The SMILES string of the molecule is CC(Cc1cccc(C(=N)N)c1)C(=O)Nc1ccc(-c2ccccc2S(N)(=O)=O)cc1. The largest absolute Gasteiger partial charge is 0.384 e. The summed E-state index contributed by atoms with van der Waals surface area (Å²) in [7, 11) is -3.85. The average molecular weight is 437 g/mol. The Morgan fingerprint density at radius 2 is 1.71 bits per heavy atom. The molecule has 0 saturated carbocycles. The second-order valence-electron chi connectivity index (χ2n) is 7.33. The normalized spacial score (nSPS) is 12.2. The first kappa shape index (κ1) is 22.2. The zero-order chi connectivity index (χ0) is 22.6. The van der Waals surface area contributed by atoms with E-state index in [4.69, 9.17) is 16.3 Å². The number of carbonyl (C=O) groups is 1. The van der Waals surface area contributed by atoms with Crippen molar-refractivity contribution in [2.45, 2.75) is 18.2 Å². The van der Waals surface area contributed by atoms with Gasteiger partial charge in [0.25, 0.3) is 0 Å². The Bertz CT molecular complexity index is 1220. The molecule has 6 N–H and O–H groups in total. The molecule has 0 saturated heterocycles. The van der Waals surface area contributed by atoms with Crippen LogP contribution in [-0.2, 0) is 21.2 Å². The lowest BCUT2D eigenvalue weighted by Gasteiger charge is -2.14. The fourth-order valence-corrected chi connectivity index (χ4v) is 4.02. The standard InChI is InChI=1S/C23H24N4O3S/c1-15(13-16-5-4-6-18(14-16)22(24)25)23(28)27-19-11-9-17(10-12-19)20-7-2-3-8-21(20)31(26,29)30/h2-12,14-15H,13H2,1H3,(H3,24,25)(H,27,28)(H2,26,29,30). The molecule has 0 spiro atoms. The topological polar surface area (TPSA) is 139 Å². The average Bonchev–Trinajstić information content (AvgIpc) is 2.74. The van der Waals surface area contributed by atoms with E-state index >= 15 is 0 Å². The molecule has 0 aromatic heterocycles. The molecule has 1 atom stereocenters. The highest BCUT2D eigenvalue weighted by Crippen LogP contribution is 2.27. The lowest BCUT2D eigenvalue weighted by atomic mass is 9.98. The van der Waals surface area contributed by atoms with Crippen molar-refractivity contribution >= 4 is 27.5 Å². The number of amidine groups is 1. The second-order valence-corrected chi connectivity index (χ2v) is 8.86. The lowest BCUT2D eigenvalue weighted by Crippen LogP contribution is -2.22. The molecule has 1 unspecified atom stereocenters. The van der Waals surface area contributed by atoms with Gasteiger partial charge in [0.15, 0.2) is 0 Å². The molecule has 0 aliphatic carbocycles. The van der Waals surface area contributed by atoms with Gasteiger partial charge < -0.3 is 11.1 Å². The van der Waals surface area contributed by atoms with Crippen LogP contribution in [0.25, 0.3) is 11.1 Å². The van der Waals surface area contributed by atoms with Gasteiger partial charge in [-0.05, 0) is 41.8 Å². The zero-order valence-corrected chi connectivity index (χ0v) is 17.8. The number of nitrogens with two attached hydrogens (primary N) is 2. The first-order valence-corrected chi connectivity index (χ1v) is 11.2. The van der Waals surface area contributed by atoms with Crippen LogP contribution in [0, 0.1) is 11.3 Å². The molecule has 160 valence electrons. The molecule has 7 nitrogen and oxygen atoms in total. The fourth-order valence-electron chi connectivity index (χ4n) is 3.26. The van der Waals surface area contributed by atoms with Crippen molar-refractivity contribution in [3.05, 3.63) is 83.9 Å². The number of hydrogen-bond donors (Lipinski definition) is 4. The van der Waals surface area contributed by atoms with E-state index < -0.39 is 10.0 Å². The number of nitrogen functional groups attached to an aromatic ring is 1. The van der Waals surface area contributed by atoms with Crippen LogP contribution >= 0.6 is 0 Å². The molecule has 31 heavy (non-hydrogen) atoms. The number of anilines is 1. The number of hydrogen-bond acceptors (Lipinski definition) is 4. The highest BCUT2D eigenvalue weighted by atomic mass is 32.2. The maximum absolute atomic E-state index is 12.6. The van der Waals surface area contributed by atoms with E-state index in [2.05, 4.69) is 5.32 Å². The van der Waals surface area contributed by atoms with Crippen LogP contribution in [0.5, 0.6) is 0 Å². The molecule has 3 aromatic rings. The smallest absolute Gasteiger partial charge is 0.238 e. The molecule has 3 rings (SSSR count). The van der Waals surface area contributed by atoms with Crippen LogP contribution in [0.15, 0.2) is 77.7 Å². The number of primary sulfonamides is 1. The predicted molar refractivity (Wildman–Crippen MR) is 122 cm³/mol. The van der Waals surface area contributed by atoms with Gasteiger partial charge in [-0.25, -0.2) is 13.6 Å². The van der Waals surface area contributed by atoms with Gasteiger partial charge in [0, 0.05) is 22.7 Å². The Balaban J connectivity index is 1.71. The Morgan fingerprint density at radius 1 is 1.03 bits per heavy atom. The first-order valence-electron chi connectivity index (χ1n) is 9.61. The summed E-state index contributed by atoms with van der Waals surface area (Å²) < 4.78 is 23.6. The van der Waals surface area contributed by atoms with Crippen LogP contribution in [0.1, 0.15) is 18.1 Å². The van der Waals surface area contributed by atoms with Gasteiger partial charge in [0.2, 0.25) is 15.9 Å². The van der Waals surface area contributed by atoms with Gasteiger partial charge in [-0.3, -0.25) is 10.2 Å². The minimum Gasteiger partial charge on any atom is -0.384 e. The van der Waals surface area contributed by atoms with E-state index in [-0.39, 0.29) is 22.6 Å². The van der Waals surface area contributed by atoms with Crippen molar-refractivity contribution in [1.82, 2.24) is 0 Å². The van der Waals surface area contributed by atoms with E-state index in [9.17, 15) is 13.2 Å². The fraction of sp³-hybridized carbons (Fsp3) is 0.130. The van der Waals surface area contributed by atoms with Crippen LogP contribution in [0.3, 0.4) is 0 Å². The van der Waals surface area contributed by atoms with Gasteiger partial charge in [-0.15, -0.1) is 0 Å². The van der Waals surface area contributed by atoms with Crippen molar-refractivity contribution in [2.75, 3.05) is 5.32 Å². The summed E-state index contributed by atoms with van der Waals surface area (Å²) in [5, 5.41) is 15.7. The van der Waals surface area contributed by atoms with E-state index in [0.717, 1.165) is 5.56 Å². The van der Waals surface area contributed by atoms with Gasteiger partial charge >= 0.3 is 0 Å². The maximum Gasteiger partial charge on any atom is 0.238 e. The summed E-state index contributed by atoms with van der Waals surface area (Å²) in [5.74, 6) is -0.459. The van der Waals surface area contributed by atoms with Crippen LogP contribution in [0.2, 0.25) is 0 Å². The lowest BCUT2D eigenvalue weighted by molar-refractivity contribution is -0.119. The molecule has 0 heterocycles. The molecular weight excluding hydrogens is 412 g/mol. The van der Waals surface area contributed by atoms with Crippen LogP contribution in [-0.4, -0.2) is 20.2 Å². The third-order valence-electron chi connectivity index (χ3n) is 4.88. The van der Waals surface area contributed by atoms with Crippen molar-refractivity contribution in [3.63, 3.8) is 0 Å². The van der Waals surface area contributed by atoms with Crippen molar-refractivity contribution < 1.29 is 13.2 Å². The number of rotatable bonds is 7. The minimum absolute atomic E-state index is 0.0111. The van der Waals surface area contributed by atoms with E-state index in [0.29, 0.717) is 28.8 Å². The quantitative estimate of drug-likeness (QED) is 0.334. The monoisotopic (exact) mass is 436 g/mol. The summed E-state index contributed by atoms with van der Waals surface area (Å²) in [6.45, 7) is 1.83. The van der Waals surface area contributed by atoms with Crippen LogP contribution < -0.4 is 16.2 Å². The van der Waals surface area contributed by atoms with Gasteiger partial charge in [-0.1, -0.05) is 55.5 Å². The predicted octanol–water partition coefficient (Wildman–Crippen LogP) is 3.10. The molecule has 0 fully saturated rings. The summed E-state index contributed by atoms with van der Waals surface area (Å²) >= 11 is 0. The number of benzene rings is 3. The maximum atomic E-state index is 12.6. The van der Waals surface area contributed by atoms with Crippen molar-refractivity contribution in [2.24, 2.45) is 16.8 Å². The summed E-state index contributed by atoms with van der Waals surface area (Å²) in [6.07, 6.45) is 0.507. The Hall–Kier alpha value is -3.49. The Morgan fingerprint density at radius 3 is 2.35 bits per heavy atom. The van der Waals surface area contributed by atoms with Gasteiger partial charge in [-0.2, -0.15) is 0 Å². The third kappa shape index (κ3) is 5.56. The highest BCUT2D eigenvalue weighted by Gasteiger charge is 2.16. The number of amides is 1. The van der Waals surface area contributed by atoms with Crippen molar-refractivity contribution in [3.8, 4) is 11.1 Å². The zero-order valence-electron chi connectivity index (χ0n) is 17.0. The van der Waals surface area contributed by atoms with E-state index in [1.54, 1.807) is 48.5 Å². The molecule has 0 aliphatic rings. The number of nitrogens with one attached hydrogen (secondary N) is 2. The molecule has 0 aliphatic heterocycles. The molecule has 3 aromatic carbocycles. The molecule has 0 bridgehead atoms. The summed E-state index contributed by atoms with van der Waals surface area (Å²) in [6, 6.07) is 20.7. The molecule has 8 heteroatoms. The number of sulfonamides is 1. The van der Waals surface area contributed by atoms with Gasteiger partial charge in [0.1, 0.15) is 5.84 Å². The number of carbonyl (C=O) groups excluding carboxylic acids is 1. The van der Waals surface area contributed by atoms with Crippen molar-refractivity contribution in [1.29, 1.82) is 5.41 Å².